The third-order valence-corrected chi connectivity index (χ3v) is 5.26. The van der Waals surface area contributed by atoms with Gasteiger partial charge in [-0.2, -0.15) is 0 Å². The summed E-state index contributed by atoms with van der Waals surface area (Å²) in [5.74, 6) is -0.317. The molecule has 0 aliphatic heterocycles. The van der Waals surface area contributed by atoms with Gasteiger partial charge in [0.1, 0.15) is 0 Å². The Labute approximate surface area is 185 Å². The van der Waals surface area contributed by atoms with E-state index >= 15 is 0 Å². The summed E-state index contributed by atoms with van der Waals surface area (Å²) in [6.07, 6.45) is 4.81. The van der Waals surface area contributed by atoms with E-state index in [1.807, 2.05) is 42.5 Å². The number of benzene rings is 2. The van der Waals surface area contributed by atoms with Crippen LogP contribution >= 0.6 is 0 Å². The average molecular weight is 425 g/mol. The summed E-state index contributed by atoms with van der Waals surface area (Å²) in [6.45, 7) is 3.24. The van der Waals surface area contributed by atoms with Crippen molar-refractivity contribution in [3.8, 4) is 11.1 Å². The molecule has 0 fully saturated rings. The second-order valence-electron chi connectivity index (χ2n) is 7.91. The first-order valence-corrected chi connectivity index (χ1v) is 11.2. The van der Waals surface area contributed by atoms with Crippen LogP contribution in [0.4, 0.5) is 0 Å². The molecule has 6 nitrogen and oxygen atoms in total. The molecular weight excluding hydrogens is 388 g/mol. The van der Waals surface area contributed by atoms with Crippen LogP contribution in [0.5, 0.6) is 0 Å². The zero-order valence-corrected chi connectivity index (χ0v) is 18.5. The highest BCUT2D eigenvalue weighted by molar-refractivity contribution is 5.82. The number of carbonyl (C=O) groups excluding carboxylic acids is 2. The summed E-state index contributed by atoms with van der Waals surface area (Å²) < 4.78 is 0. The molecule has 6 N–H and O–H groups in total. The van der Waals surface area contributed by atoms with Crippen LogP contribution in [0, 0.1) is 0 Å². The Morgan fingerprint density at radius 2 is 1.35 bits per heavy atom. The van der Waals surface area contributed by atoms with E-state index in [2.05, 4.69) is 29.7 Å². The minimum absolute atomic E-state index is 0.127. The van der Waals surface area contributed by atoms with Crippen LogP contribution in [-0.4, -0.2) is 37.0 Å². The van der Waals surface area contributed by atoms with Gasteiger partial charge in [-0.1, -0.05) is 74.4 Å². The number of carbonyl (C=O) groups is 2. The first-order valence-electron chi connectivity index (χ1n) is 11.2. The van der Waals surface area contributed by atoms with E-state index in [9.17, 15) is 9.59 Å². The number of hydrogen-bond donors (Lipinski definition) is 4. The van der Waals surface area contributed by atoms with Crippen LogP contribution in [0.25, 0.3) is 11.1 Å². The molecule has 0 saturated heterocycles. The van der Waals surface area contributed by atoms with Gasteiger partial charge in [0.05, 0.1) is 12.1 Å². The van der Waals surface area contributed by atoms with Gasteiger partial charge in [0.2, 0.25) is 11.8 Å². The number of nitrogens with one attached hydrogen (secondary N) is 2. The molecule has 0 aliphatic carbocycles. The molecule has 0 spiro atoms. The molecule has 0 radical (unpaired) electrons. The van der Waals surface area contributed by atoms with Crippen molar-refractivity contribution < 1.29 is 9.59 Å². The van der Waals surface area contributed by atoms with Gasteiger partial charge in [-0.3, -0.25) is 9.59 Å². The van der Waals surface area contributed by atoms with Gasteiger partial charge in [0, 0.05) is 13.1 Å². The van der Waals surface area contributed by atoms with Crippen molar-refractivity contribution in [3.05, 3.63) is 60.2 Å². The molecule has 0 heterocycles. The van der Waals surface area contributed by atoms with Crippen molar-refractivity contribution in [2.75, 3.05) is 13.1 Å². The summed E-state index contributed by atoms with van der Waals surface area (Å²) in [4.78, 5) is 24.2. The lowest BCUT2D eigenvalue weighted by Gasteiger charge is -2.14. The first-order chi connectivity index (χ1) is 15.0. The standard InChI is InChI=1S/C25H36N4O2/c1-2-3-7-16-28-24(30)22(26)11-8-17-29-25(31)23(27)18-19-12-14-21(15-13-19)20-9-5-4-6-10-20/h4-6,9-10,12-15,22-23H,2-3,7-8,11,16-18,26-27H2,1H3,(H,28,30)(H,29,31)/t22-,23-/m1/s1. The summed E-state index contributed by atoms with van der Waals surface area (Å²) in [5, 5.41) is 5.70. The molecule has 6 heteroatoms. The Morgan fingerprint density at radius 3 is 2.00 bits per heavy atom. The second kappa shape index (κ2) is 13.6. The minimum Gasteiger partial charge on any atom is -0.355 e. The fourth-order valence-corrected chi connectivity index (χ4v) is 3.32. The first kappa shape index (κ1) is 24.6. The number of hydrogen-bond acceptors (Lipinski definition) is 4. The molecule has 0 aromatic heterocycles. The molecule has 2 atom stereocenters. The fourth-order valence-electron chi connectivity index (χ4n) is 3.32. The highest BCUT2D eigenvalue weighted by Gasteiger charge is 2.15. The maximum Gasteiger partial charge on any atom is 0.237 e. The Bertz CT molecular complexity index is 793. The van der Waals surface area contributed by atoms with E-state index in [1.165, 1.54) is 0 Å². The lowest BCUT2D eigenvalue weighted by Crippen LogP contribution is -2.43. The summed E-state index contributed by atoms with van der Waals surface area (Å²) in [6, 6.07) is 17.1. The molecular formula is C25H36N4O2. The fraction of sp³-hybridized carbons (Fsp3) is 0.440. The van der Waals surface area contributed by atoms with E-state index in [4.69, 9.17) is 11.5 Å². The van der Waals surface area contributed by atoms with E-state index in [0.29, 0.717) is 32.4 Å². The SMILES string of the molecule is CCCCCNC(=O)[C@H](N)CCCNC(=O)[C@H](N)Cc1ccc(-c2ccccc2)cc1. The third-order valence-electron chi connectivity index (χ3n) is 5.26. The number of amides is 2. The highest BCUT2D eigenvalue weighted by atomic mass is 16.2. The van der Waals surface area contributed by atoms with Crippen molar-refractivity contribution in [3.63, 3.8) is 0 Å². The van der Waals surface area contributed by atoms with Crippen molar-refractivity contribution in [1.29, 1.82) is 0 Å². The van der Waals surface area contributed by atoms with Gasteiger partial charge in [0.25, 0.3) is 0 Å². The van der Waals surface area contributed by atoms with Gasteiger partial charge in [-0.05, 0) is 42.4 Å². The quantitative estimate of drug-likeness (QED) is 0.371. The third kappa shape index (κ3) is 8.90. The number of rotatable bonds is 13. The molecule has 0 bridgehead atoms. The van der Waals surface area contributed by atoms with Crippen molar-refractivity contribution >= 4 is 11.8 Å². The average Bonchev–Trinajstić information content (AvgIpc) is 2.80. The number of nitrogens with two attached hydrogens (primary N) is 2. The lowest BCUT2D eigenvalue weighted by atomic mass is 10.0. The number of unbranched alkanes of at least 4 members (excludes halogenated alkanes) is 2. The Balaban J connectivity index is 1.66. The van der Waals surface area contributed by atoms with E-state index < -0.39 is 12.1 Å². The van der Waals surface area contributed by atoms with Crippen LogP contribution in [0.2, 0.25) is 0 Å². The zero-order chi connectivity index (χ0) is 22.5. The van der Waals surface area contributed by atoms with Gasteiger partial charge in [0.15, 0.2) is 0 Å². The highest BCUT2D eigenvalue weighted by Crippen LogP contribution is 2.19. The Kier molecular flexibility index (Phi) is 10.8. The smallest absolute Gasteiger partial charge is 0.237 e. The van der Waals surface area contributed by atoms with Gasteiger partial charge in [-0.15, -0.1) is 0 Å². The Morgan fingerprint density at radius 1 is 0.774 bits per heavy atom. The van der Waals surface area contributed by atoms with Crippen molar-refractivity contribution in [2.45, 2.75) is 57.5 Å². The van der Waals surface area contributed by atoms with Crippen LogP contribution in [0.1, 0.15) is 44.6 Å². The molecule has 2 aromatic carbocycles. The lowest BCUT2D eigenvalue weighted by molar-refractivity contribution is -0.122. The molecule has 31 heavy (non-hydrogen) atoms. The normalized spacial score (nSPS) is 12.7. The molecule has 168 valence electrons. The molecule has 2 amide bonds. The monoisotopic (exact) mass is 424 g/mol. The zero-order valence-electron chi connectivity index (χ0n) is 18.5. The van der Waals surface area contributed by atoms with Crippen molar-refractivity contribution in [1.82, 2.24) is 10.6 Å². The predicted molar refractivity (Wildman–Crippen MR) is 126 cm³/mol. The van der Waals surface area contributed by atoms with Crippen LogP contribution < -0.4 is 22.1 Å². The van der Waals surface area contributed by atoms with E-state index in [0.717, 1.165) is 36.0 Å². The minimum atomic E-state index is -0.613. The van der Waals surface area contributed by atoms with Crippen LogP contribution in [-0.2, 0) is 16.0 Å². The largest absolute Gasteiger partial charge is 0.355 e. The molecule has 0 unspecified atom stereocenters. The van der Waals surface area contributed by atoms with Gasteiger partial charge < -0.3 is 22.1 Å². The molecule has 0 aliphatic rings. The van der Waals surface area contributed by atoms with Gasteiger partial charge >= 0.3 is 0 Å². The topological polar surface area (TPSA) is 110 Å². The predicted octanol–water partition coefficient (Wildman–Crippen LogP) is 2.75. The summed E-state index contributed by atoms with van der Waals surface area (Å²) in [7, 11) is 0. The maximum absolute atomic E-state index is 12.3. The summed E-state index contributed by atoms with van der Waals surface area (Å²) in [5.41, 5.74) is 15.3. The van der Waals surface area contributed by atoms with E-state index in [-0.39, 0.29) is 11.8 Å². The van der Waals surface area contributed by atoms with E-state index in [1.54, 1.807) is 0 Å². The van der Waals surface area contributed by atoms with Crippen molar-refractivity contribution in [2.24, 2.45) is 11.5 Å². The molecule has 0 saturated carbocycles. The molecule has 2 rings (SSSR count). The maximum atomic E-state index is 12.3. The summed E-state index contributed by atoms with van der Waals surface area (Å²) >= 11 is 0. The van der Waals surface area contributed by atoms with Crippen LogP contribution in [0.3, 0.4) is 0 Å². The Hall–Kier alpha value is -2.70. The van der Waals surface area contributed by atoms with Gasteiger partial charge in [-0.25, -0.2) is 0 Å². The van der Waals surface area contributed by atoms with Crippen LogP contribution in [0.15, 0.2) is 54.6 Å². The second-order valence-corrected chi connectivity index (χ2v) is 7.91. The molecule has 2 aromatic rings.